The van der Waals surface area contributed by atoms with Crippen LogP contribution in [0.5, 0.6) is 0 Å². The van der Waals surface area contributed by atoms with Gasteiger partial charge in [-0.2, -0.15) is 0 Å². The molecular weight excluding hydrogens is 354 g/mol. The van der Waals surface area contributed by atoms with Gasteiger partial charge in [-0.25, -0.2) is 8.78 Å². The van der Waals surface area contributed by atoms with Crippen molar-refractivity contribution in [3.05, 3.63) is 75.9 Å². The van der Waals surface area contributed by atoms with Crippen molar-refractivity contribution >= 4 is 34.0 Å². The van der Waals surface area contributed by atoms with Crippen LogP contribution in [0.15, 0.2) is 42.0 Å². The largest absolute Gasteiger partial charge is 0.426 e. The minimum Gasteiger partial charge on any atom is -0.426 e. The van der Waals surface area contributed by atoms with E-state index < -0.39 is 17.6 Å². The molecule has 3 rings (SSSR count). The fourth-order valence-corrected chi connectivity index (χ4v) is 4.07. The van der Waals surface area contributed by atoms with Gasteiger partial charge < -0.3 is 4.74 Å². The van der Waals surface area contributed by atoms with Crippen molar-refractivity contribution in [3.8, 4) is 0 Å². The molecule has 2 nitrogen and oxygen atoms in total. The SMILES string of the molecule is CSC(=C1C(C)=C(OC(C)=O)c2c(C)c(F)cc(F)c21)c1ccccc1. The predicted octanol–water partition coefficient (Wildman–Crippen LogP) is 5.81. The van der Waals surface area contributed by atoms with Crippen molar-refractivity contribution in [2.45, 2.75) is 20.8 Å². The lowest BCUT2D eigenvalue weighted by atomic mass is 9.97. The maximum absolute atomic E-state index is 14.8. The van der Waals surface area contributed by atoms with Gasteiger partial charge in [0.15, 0.2) is 0 Å². The van der Waals surface area contributed by atoms with Crippen LogP contribution in [0.1, 0.15) is 36.1 Å². The molecular formula is C21H18F2O2S. The highest BCUT2D eigenvalue weighted by Gasteiger charge is 2.34. The first kappa shape index (κ1) is 18.4. The molecule has 0 aromatic heterocycles. The summed E-state index contributed by atoms with van der Waals surface area (Å²) >= 11 is 1.47. The first-order valence-corrected chi connectivity index (χ1v) is 9.32. The minimum absolute atomic E-state index is 0.223. The maximum atomic E-state index is 14.8. The quantitative estimate of drug-likeness (QED) is 0.636. The Balaban J connectivity index is 2.42. The fraction of sp³-hybridized carbons (Fsp3) is 0.190. The third-order valence-electron chi connectivity index (χ3n) is 4.38. The molecule has 2 aromatic carbocycles. The molecule has 0 heterocycles. The summed E-state index contributed by atoms with van der Waals surface area (Å²) in [7, 11) is 0. The van der Waals surface area contributed by atoms with Crippen LogP contribution in [-0.4, -0.2) is 12.2 Å². The summed E-state index contributed by atoms with van der Waals surface area (Å²) in [4.78, 5) is 12.4. The number of carbonyl (C=O) groups excluding carboxylic acids is 1. The molecule has 2 aromatic rings. The van der Waals surface area contributed by atoms with E-state index in [4.69, 9.17) is 4.74 Å². The molecule has 0 spiro atoms. The molecule has 5 heteroatoms. The van der Waals surface area contributed by atoms with Gasteiger partial charge in [0.25, 0.3) is 0 Å². The topological polar surface area (TPSA) is 26.3 Å². The number of benzene rings is 2. The average molecular weight is 372 g/mol. The molecule has 0 atom stereocenters. The van der Waals surface area contributed by atoms with Crippen LogP contribution < -0.4 is 0 Å². The number of hydrogen-bond donors (Lipinski definition) is 0. The van der Waals surface area contributed by atoms with Crippen molar-refractivity contribution in [1.82, 2.24) is 0 Å². The molecule has 1 aliphatic carbocycles. The monoisotopic (exact) mass is 372 g/mol. The smallest absolute Gasteiger partial charge is 0.308 e. The van der Waals surface area contributed by atoms with E-state index in [0.717, 1.165) is 16.5 Å². The predicted molar refractivity (Wildman–Crippen MR) is 102 cm³/mol. The molecule has 0 aliphatic heterocycles. The van der Waals surface area contributed by atoms with E-state index >= 15 is 0 Å². The Morgan fingerprint density at radius 3 is 2.27 bits per heavy atom. The number of hydrogen-bond acceptors (Lipinski definition) is 3. The molecule has 1 aliphatic rings. The van der Waals surface area contributed by atoms with Gasteiger partial charge in [-0.15, -0.1) is 11.8 Å². The molecule has 0 saturated carbocycles. The van der Waals surface area contributed by atoms with E-state index in [-0.39, 0.29) is 16.9 Å². The molecule has 0 saturated heterocycles. The molecule has 134 valence electrons. The number of halogens is 2. The van der Waals surface area contributed by atoms with Gasteiger partial charge >= 0.3 is 5.97 Å². The Bertz CT molecular complexity index is 960. The molecule has 0 fully saturated rings. The van der Waals surface area contributed by atoms with Gasteiger partial charge in [-0.05, 0) is 31.2 Å². The highest BCUT2D eigenvalue weighted by molar-refractivity contribution is 8.08. The number of ether oxygens (including phenoxy) is 1. The Kier molecular flexibility index (Phi) is 5.01. The van der Waals surface area contributed by atoms with E-state index in [1.807, 2.05) is 36.6 Å². The first-order chi connectivity index (χ1) is 12.4. The van der Waals surface area contributed by atoms with Gasteiger partial charge in [0, 0.05) is 40.2 Å². The third kappa shape index (κ3) is 2.97. The lowest BCUT2D eigenvalue weighted by molar-refractivity contribution is -0.134. The highest BCUT2D eigenvalue weighted by atomic mass is 32.2. The van der Waals surface area contributed by atoms with E-state index in [1.54, 1.807) is 13.8 Å². The number of rotatable bonds is 3. The zero-order valence-electron chi connectivity index (χ0n) is 14.9. The van der Waals surface area contributed by atoms with Crippen LogP contribution in [0, 0.1) is 18.6 Å². The normalized spacial score (nSPS) is 15.2. The summed E-state index contributed by atoms with van der Waals surface area (Å²) in [5.74, 6) is -1.63. The second-order valence-electron chi connectivity index (χ2n) is 6.04. The van der Waals surface area contributed by atoms with Gasteiger partial charge in [-0.3, -0.25) is 4.79 Å². The number of fused-ring (bicyclic) bond motifs is 1. The average Bonchev–Trinajstić information content (AvgIpc) is 2.88. The fourth-order valence-electron chi connectivity index (χ4n) is 3.24. The van der Waals surface area contributed by atoms with Crippen molar-refractivity contribution in [2.75, 3.05) is 6.26 Å². The molecule has 0 amide bonds. The van der Waals surface area contributed by atoms with Gasteiger partial charge in [0.05, 0.1) is 0 Å². The van der Waals surface area contributed by atoms with Crippen molar-refractivity contribution in [2.24, 2.45) is 0 Å². The second kappa shape index (κ2) is 7.08. The maximum Gasteiger partial charge on any atom is 0.308 e. The van der Waals surface area contributed by atoms with Gasteiger partial charge in [-0.1, -0.05) is 30.3 Å². The summed E-state index contributed by atoms with van der Waals surface area (Å²) < 4.78 is 34.4. The minimum atomic E-state index is -0.665. The first-order valence-electron chi connectivity index (χ1n) is 8.09. The number of allylic oxidation sites excluding steroid dienone is 2. The number of carbonyl (C=O) groups is 1. The van der Waals surface area contributed by atoms with Crippen LogP contribution in [0.3, 0.4) is 0 Å². The summed E-state index contributed by atoms with van der Waals surface area (Å²) in [6.45, 7) is 4.61. The summed E-state index contributed by atoms with van der Waals surface area (Å²) in [5.41, 5.74) is 3.04. The molecule has 0 unspecified atom stereocenters. The summed E-state index contributed by atoms with van der Waals surface area (Å²) in [6.07, 6.45) is 1.90. The highest BCUT2D eigenvalue weighted by Crippen LogP contribution is 2.50. The Morgan fingerprint density at radius 1 is 1.04 bits per heavy atom. The Hall–Kier alpha value is -2.40. The lowest BCUT2D eigenvalue weighted by Gasteiger charge is -2.13. The molecule has 0 radical (unpaired) electrons. The zero-order chi connectivity index (χ0) is 19.0. The van der Waals surface area contributed by atoms with Crippen LogP contribution >= 0.6 is 11.8 Å². The van der Waals surface area contributed by atoms with Crippen molar-refractivity contribution in [3.63, 3.8) is 0 Å². The zero-order valence-corrected chi connectivity index (χ0v) is 15.8. The number of esters is 1. The van der Waals surface area contributed by atoms with Crippen molar-refractivity contribution in [1.29, 1.82) is 0 Å². The Labute approximate surface area is 155 Å². The van der Waals surface area contributed by atoms with Crippen LogP contribution in [-0.2, 0) is 9.53 Å². The van der Waals surface area contributed by atoms with E-state index in [1.165, 1.54) is 18.7 Å². The van der Waals surface area contributed by atoms with Crippen LogP contribution in [0.2, 0.25) is 0 Å². The second-order valence-corrected chi connectivity index (χ2v) is 6.85. The van der Waals surface area contributed by atoms with Crippen molar-refractivity contribution < 1.29 is 18.3 Å². The standard InChI is InChI=1S/C21H18F2O2S/c1-11-15(22)10-16(23)19-17(11)20(25-13(3)24)12(2)18(19)21(26-4)14-8-6-5-7-9-14/h5-10H,1-4H3. The van der Waals surface area contributed by atoms with Crippen LogP contribution in [0.25, 0.3) is 16.2 Å². The van der Waals surface area contributed by atoms with Gasteiger partial charge in [0.2, 0.25) is 0 Å². The lowest BCUT2D eigenvalue weighted by Crippen LogP contribution is -2.02. The third-order valence-corrected chi connectivity index (χ3v) is 5.23. The number of thioether (sulfide) groups is 1. The van der Waals surface area contributed by atoms with E-state index in [2.05, 4.69) is 0 Å². The van der Waals surface area contributed by atoms with E-state index in [0.29, 0.717) is 16.7 Å². The summed E-state index contributed by atoms with van der Waals surface area (Å²) in [5, 5.41) is 0. The van der Waals surface area contributed by atoms with Gasteiger partial charge in [0.1, 0.15) is 17.4 Å². The Morgan fingerprint density at radius 2 is 1.69 bits per heavy atom. The molecule has 26 heavy (non-hydrogen) atoms. The van der Waals surface area contributed by atoms with Crippen LogP contribution in [0.4, 0.5) is 8.78 Å². The molecule has 0 N–H and O–H groups in total. The summed E-state index contributed by atoms with van der Waals surface area (Å²) in [6, 6.07) is 10.5. The molecule has 0 bridgehead atoms. The van der Waals surface area contributed by atoms with E-state index in [9.17, 15) is 13.6 Å².